The van der Waals surface area contributed by atoms with Gasteiger partial charge in [0.15, 0.2) is 0 Å². The van der Waals surface area contributed by atoms with Crippen molar-refractivity contribution in [3.05, 3.63) is 35.9 Å². The summed E-state index contributed by atoms with van der Waals surface area (Å²) >= 11 is 0. The summed E-state index contributed by atoms with van der Waals surface area (Å²) in [7, 11) is 1.73. The number of alkyl halides is 3. The minimum absolute atomic E-state index is 0.0585. The van der Waals surface area contributed by atoms with Gasteiger partial charge in [-0.1, -0.05) is 30.3 Å². The Kier molecular flexibility index (Phi) is 5.64. The number of likely N-dealkylation sites (tertiary alicyclic amines) is 1. The molecule has 1 fully saturated rings. The van der Waals surface area contributed by atoms with E-state index in [1.54, 1.807) is 11.9 Å². The number of amides is 1. The predicted octanol–water partition coefficient (Wildman–Crippen LogP) is 2.21. The van der Waals surface area contributed by atoms with E-state index in [-0.39, 0.29) is 19.2 Å². The normalized spacial score (nSPS) is 20.3. The van der Waals surface area contributed by atoms with Crippen LogP contribution in [0.3, 0.4) is 0 Å². The maximum Gasteiger partial charge on any atom is 0.406 e. The van der Waals surface area contributed by atoms with Crippen molar-refractivity contribution in [1.29, 1.82) is 0 Å². The number of aliphatic hydroxyl groups excluding tert-OH is 1. The van der Waals surface area contributed by atoms with Gasteiger partial charge in [0, 0.05) is 19.2 Å². The summed E-state index contributed by atoms with van der Waals surface area (Å²) in [6.45, 7) is -1.16. The fraction of sp³-hybridized carbons (Fsp3) is 0.562. The van der Waals surface area contributed by atoms with Gasteiger partial charge in [0.1, 0.15) is 6.54 Å². The summed E-state index contributed by atoms with van der Waals surface area (Å²) in [5.74, 6) is -0.497. The van der Waals surface area contributed by atoms with Gasteiger partial charge in [-0.15, -0.1) is 0 Å². The number of carbonyl (C=O) groups excluding carboxylic acids is 1. The molecule has 1 amide bonds. The number of aliphatic hydroxyl groups is 1. The van der Waals surface area contributed by atoms with E-state index in [1.165, 1.54) is 0 Å². The van der Waals surface area contributed by atoms with Crippen molar-refractivity contribution < 1.29 is 23.1 Å². The van der Waals surface area contributed by atoms with Crippen molar-refractivity contribution >= 4 is 5.91 Å². The number of hydrogen-bond acceptors (Lipinski definition) is 3. The molecule has 0 bridgehead atoms. The Morgan fingerprint density at radius 3 is 2.57 bits per heavy atom. The topological polar surface area (TPSA) is 43.8 Å². The number of rotatable bonds is 6. The van der Waals surface area contributed by atoms with E-state index >= 15 is 0 Å². The van der Waals surface area contributed by atoms with E-state index in [2.05, 4.69) is 0 Å². The van der Waals surface area contributed by atoms with E-state index in [0.717, 1.165) is 10.5 Å². The first-order chi connectivity index (χ1) is 10.8. The van der Waals surface area contributed by atoms with E-state index in [0.29, 0.717) is 12.8 Å². The molecule has 1 N–H and O–H groups in total. The summed E-state index contributed by atoms with van der Waals surface area (Å²) in [5, 5.41) is 9.29. The molecule has 2 unspecified atom stereocenters. The molecule has 2 rings (SSSR count). The van der Waals surface area contributed by atoms with Gasteiger partial charge in [-0.2, -0.15) is 13.2 Å². The van der Waals surface area contributed by atoms with Crippen molar-refractivity contribution in [2.75, 3.05) is 26.7 Å². The number of halogens is 3. The number of hydrogen-bond donors (Lipinski definition) is 1. The fourth-order valence-electron chi connectivity index (χ4n) is 3.09. The first kappa shape index (κ1) is 17.7. The van der Waals surface area contributed by atoms with Gasteiger partial charge in [-0.3, -0.25) is 9.69 Å². The van der Waals surface area contributed by atoms with E-state index in [4.69, 9.17) is 0 Å². The second-order valence-electron chi connectivity index (χ2n) is 5.78. The molecule has 1 heterocycles. The Balaban J connectivity index is 2.12. The predicted molar refractivity (Wildman–Crippen MR) is 79.7 cm³/mol. The molecule has 1 aliphatic heterocycles. The van der Waals surface area contributed by atoms with Gasteiger partial charge in [0.05, 0.1) is 6.04 Å². The monoisotopic (exact) mass is 330 g/mol. The van der Waals surface area contributed by atoms with Crippen LogP contribution < -0.4 is 0 Å². The Bertz CT molecular complexity index is 522. The van der Waals surface area contributed by atoms with E-state index < -0.39 is 24.7 Å². The van der Waals surface area contributed by atoms with Crippen LogP contribution in [0.2, 0.25) is 0 Å². The van der Waals surface area contributed by atoms with Gasteiger partial charge < -0.3 is 10.0 Å². The summed E-state index contributed by atoms with van der Waals surface area (Å²) in [6.07, 6.45) is -3.60. The molecular formula is C16H21F3N2O2. The molecule has 7 heteroatoms. The molecule has 4 nitrogen and oxygen atoms in total. The standard InChI is InChI=1S/C16H21F3N2O2/c1-20(13(8-10-22)12-5-3-2-4-6-12)14-7-9-21(15(14)23)11-16(17,18)19/h2-6,13-14,22H,7-11H2,1H3. The maximum atomic E-state index is 12.5. The highest BCUT2D eigenvalue weighted by atomic mass is 19.4. The molecule has 1 aromatic rings. The Morgan fingerprint density at radius 2 is 2.00 bits per heavy atom. The van der Waals surface area contributed by atoms with Crippen molar-refractivity contribution in [2.45, 2.75) is 31.1 Å². The van der Waals surface area contributed by atoms with Crippen LogP contribution in [0.15, 0.2) is 30.3 Å². The molecular weight excluding hydrogens is 309 g/mol. The number of likely N-dealkylation sites (N-methyl/N-ethyl adjacent to an activating group) is 1. The van der Waals surface area contributed by atoms with Crippen LogP contribution in [0.25, 0.3) is 0 Å². The number of nitrogens with zero attached hydrogens (tertiary/aromatic N) is 2. The Labute approximate surface area is 133 Å². The van der Waals surface area contributed by atoms with Crippen LogP contribution in [0.1, 0.15) is 24.4 Å². The molecule has 1 saturated heterocycles. The third-order valence-corrected chi connectivity index (χ3v) is 4.21. The molecule has 2 atom stereocenters. The zero-order valence-electron chi connectivity index (χ0n) is 13.0. The van der Waals surface area contributed by atoms with Gasteiger partial charge in [0.25, 0.3) is 0 Å². The lowest BCUT2D eigenvalue weighted by Gasteiger charge is -2.32. The highest BCUT2D eigenvalue weighted by molar-refractivity contribution is 5.84. The SMILES string of the molecule is CN(C1CCN(CC(F)(F)F)C1=O)C(CCO)c1ccccc1. The quantitative estimate of drug-likeness (QED) is 0.870. The molecule has 1 aliphatic rings. The lowest BCUT2D eigenvalue weighted by molar-refractivity contribution is -0.159. The molecule has 1 aromatic carbocycles. The lowest BCUT2D eigenvalue weighted by Crippen LogP contribution is -2.44. The molecule has 0 aliphatic carbocycles. The van der Waals surface area contributed by atoms with Crippen LogP contribution in [-0.4, -0.2) is 59.8 Å². The highest BCUT2D eigenvalue weighted by Gasteiger charge is 2.42. The van der Waals surface area contributed by atoms with Crippen molar-refractivity contribution in [1.82, 2.24) is 9.80 Å². The largest absolute Gasteiger partial charge is 0.406 e. The second kappa shape index (κ2) is 7.31. The Morgan fingerprint density at radius 1 is 1.35 bits per heavy atom. The zero-order chi connectivity index (χ0) is 17.0. The maximum absolute atomic E-state index is 12.5. The fourth-order valence-corrected chi connectivity index (χ4v) is 3.09. The van der Waals surface area contributed by atoms with Crippen molar-refractivity contribution in [3.63, 3.8) is 0 Å². The molecule has 23 heavy (non-hydrogen) atoms. The molecule has 128 valence electrons. The Hall–Kier alpha value is -1.60. The summed E-state index contributed by atoms with van der Waals surface area (Å²) in [4.78, 5) is 14.9. The van der Waals surface area contributed by atoms with Crippen LogP contribution in [0, 0.1) is 0 Å². The smallest absolute Gasteiger partial charge is 0.396 e. The summed E-state index contributed by atoms with van der Waals surface area (Å²) in [5.41, 5.74) is 0.936. The average Bonchev–Trinajstić information content (AvgIpc) is 2.84. The van der Waals surface area contributed by atoms with E-state index in [1.807, 2.05) is 30.3 Å². The molecule has 0 radical (unpaired) electrons. The van der Waals surface area contributed by atoms with E-state index in [9.17, 15) is 23.1 Å². The first-order valence-corrected chi connectivity index (χ1v) is 7.57. The number of benzene rings is 1. The first-order valence-electron chi connectivity index (χ1n) is 7.57. The lowest BCUT2D eigenvalue weighted by atomic mass is 10.0. The van der Waals surface area contributed by atoms with Crippen molar-refractivity contribution in [2.24, 2.45) is 0 Å². The highest BCUT2D eigenvalue weighted by Crippen LogP contribution is 2.30. The van der Waals surface area contributed by atoms with Gasteiger partial charge in [0.2, 0.25) is 5.91 Å². The van der Waals surface area contributed by atoms with Gasteiger partial charge in [-0.05, 0) is 25.5 Å². The summed E-state index contributed by atoms with van der Waals surface area (Å²) in [6, 6.07) is 8.58. The molecule has 0 spiro atoms. The van der Waals surface area contributed by atoms with Crippen LogP contribution in [-0.2, 0) is 4.79 Å². The van der Waals surface area contributed by atoms with Gasteiger partial charge in [-0.25, -0.2) is 0 Å². The minimum atomic E-state index is -4.38. The third kappa shape index (κ3) is 4.45. The van der Waals surface area contributed by atoms with Gasteiger partial charge >= 0.3 is 6.18 Å². The number of carbonyl (C=O) groups is 1. The van der Waals surface area contributed by atoms with Crippen LogP contribution in [0.5, 0.6) is 0 Å². The molecule has 0 aromatic heterocycles. The average molecular weight is 330 g/mol. The molecule has 0 saturated carbocycles. The van der Waals surface area contributed by atoms with Crippen molar-refractivity contribution in [3.8, 4) is 0 Å². The third-order valence-electron chi connectivity index (χ3n) is 4.21. The van der Waals surface area contributed by atoms with Crippen LogP contribution >= 0.6 is 0 Å². The summed E-state index contributed by atoms with van der Waals surface area (Å²) < 4.78 is 37.5. The van der Waals surface area contributed by atoms with Crippen LogP contribution in [0.4, 0.5) is 13.2 Å². The zero-order valence-corrected chi connectivity index (χ0v) is 13.0. The minimum Gasteiger partial charge on any atom is -0.396 e. The second-order valence-corrected chi connectivity index (χ2v) is 5.78.